The van der Waals surface area contributed by atoms with Gasteiger partial charge in [0.05, 0.1) is 11.9 Å². The number of aromatic nitrogens is 1. The van der Waals surface area contributed by atoms with Gasteiger partial charge >= 0.3 is 0 Å². The van der Waals surface area contributed by atoms with Crippen molar-refractivity contribution in [3.05, 3.63) is 24.5 Å². The molecule has 1 aromatic heterocycles. The number of nitrogens with zero attached hydrogens (tertiary/aromatic N) is 1. The van der Waals surface area contributed by atoms with Crippen molar-refractivity contribution >= 4 is 17.6 Å². The third-order valence-corrected chi connectivity index (χ3v) is 3.33. The lowest BCUT2D eigenvalue weighted by Gasteiger charge is -2.31. The Labute approximate surface area is 105 Å². The Balaban J connectivity index is 2.05. The molecular formula is C13H15N2O3-. The van der Waals surface area contributed by atoms with Gasteiger partial charge in [-0.05, 0) is 25.0 Å². The average molecular weight is 247 g/mol. The molecule has 5 nitrogen and oxygen atoms in total. The van der Waals surface area contributed by atoms with Crippen molar-refractivity contribution in [2.45, 2.75) is 25.7 Å². The van der Waals surface area contributed by atoms with Crippen LogP contribution in [0, 0.1) is 11.8 Å². The van der Waals surface area contributed by atoms with Crippen molar-refractivity contribution in [3.8, 4) is 0 Å². The molecule has 1 aliphatic rings. The number of amides is 1. The number of pyridine rings is 1. The molecule has 1 aromatic rings. The topological polar surface area (TPSA) is 82.1 Å². The zero-order valence-electron chi connectivity index (χ0n) is 9.96. The van der Waals surface area contributed by atoms with Gasteiger partial charge in [-0.3, -0.25) is 9.78 Å². The molecule has 18 heavy (non-hydrogen) atoms. The highest BCUT2D eigenvalue weighted by Gasteiger charge is 2.31. The Kier molecular flexibility index (Phi) is 3.92. The molecule has 2 atom stereocenters. The second kappa shape index (κ2) is 5.62. The molecule has 0 bridgehead atoms. The van der Waals surface area contributed by atoms with Crippen LogP contribution in [0.5, 0.6) is 0 Å². The van der Waals surface area contributed by atoms with Gasteiger partial charge in [-0.2, -0.15) is 0 Å². The number of hydrogen-bond acceptors (Lipinski definition) is 4. The standard InChI is InChI=1S/C13H16N2O3/c16-12(15-9-4-3-7-14-8-9)10-5-1-2-6-11(10)13(17)18/h3-4,7-8,10-11H,1-2,5-6H2,(H,15,16)(H,17,18)/p-1/t10-,11-/m1/s1. The van der Waals surface area contributed by atoms with Crippen LogP contribution in [0.2, 0.25) is 0 Å². The van der Waals surface area contributed by atoms with E-state index in [4.69, 9.17) is 0 Å². The Morgan fingerprint density at radius 2 is 2.00 bits per heavy atom. The molecule has 0 unspecified atom stereocenters. The maximum absolute atomic E-state index is 12.1. The highest BCUT2D eigenvalue weighted by molar-refractivity contribution is 5.94. The van der Waals surface area contributed by atoms with Gasteiger partial charge in [0.15, 0.2) is 0 Å². The highest BCUT2D eigenvalue weighted by Crippen LogP contribution is 2.30. The molecule has 0 radical (unpaired) electrons. The largest absolute Gasteiger partial charge is 0.550 e. The van der Waals surface area contributed by atoms with E-state index in [2.05, 4.69) is 10.3 Å². The van der Waals surface area contributed by atoms with Crippen LogP contribution in [0.1, 0.15) is 25.7 Å². The highest BCUT2D eigenvalue weighted by atomic mass is 16.4. The first-order valence-corrected chi connectivity index (χ1v) is 6.10. The zero-order valence-corrected chi connectivity index (χ0v) is 9.96. The predicted molar refractivity (Wildman–Crippen MR) is 63.3 cm³/mol. The number of carboxylic acids is 1. The molecule has 0 aromatic carbocycles. The van der Waals surface area contributed by atoms with Crippen LogP contribution in [0.4, 0.5) is 5.69 Å². The molecule has 0 spiro atoms. The van der Waals surface area contributed by atoms with E-state index in [-0.39, 0.29) is 5.91 Å². The van der Waals surface area contributed by atoms with Crippen LogP contribution >= 0.6 is 0 Å². The molecular weight excluding hydrogens is 232 g/mol. The average Bonchev–Trinajstić information content (AvgIpc) is 2.40. The Morgan fingerprint density at radius 3 is 2.61 bits per heavy atom. The van der Waals surface area contributed by atoms with Crippen molar-refractivity contribution < 1.29 is 14.7 Å². The Hall–Kier alpha value is -1.91. The Morgan fingerprint density at radius 1 is 1.28 bits per heavy atom. The normalized spacial score (nSPS) is 23.3. The minimum atomic E-state index is -1.12. The summed E-state index contributed by atoms with van der Waals surface area (Å²) in [7, 11) is 0. The fourth-order valence-electron chi connectivity index (χ4n) is 2.40. The van der Waals surface area contributed by atoms with Crippen LogP contribution in [0.15, 0.2) is 24.5 Å². The second-order valence-corrected chi connectivity index (χ2v) is 4.55. The molecule has 1 saturated carbocycles. The van der Waals surface area contributed by atoms with Gasteiger partial charge < -0.3 is 15.2 Å². The van der Waals surface area contributed by atoms with E-state index < -0.39 is 17.8 Å². The summed E-state index contributed by atoms with van der Waals surface area (Å²) in [4.78, 5) is 27.0. The van der Waals surface area contributed by atoms with Gasteiger partial charge in [-0.25, -0.2) is 0 Å². The second-order valence-electron chi connectivity index (χ2n) is 4.55. The molecule has 1 aliphatic carbocycles. The zero-order chi connectivity index (χ0) is 13.0. The summed E-state index contributed by atoms with van der Waals surface area (Å²) in [5, 5.41) is 13.7. The van der Waals surface area contributed by atoms with Crippen LogP contribution in [0.3, 0.4) is 0 Å². The third kappa shape index (κ3) is 2.85. The Bertz CT molecular complexity index is 433. The number of carbonyl (C=O) groups is 2. The number of rotatable bonds is 3. The van der Waals surface area contributed by atoms with Crippen molar-refractivity contribution in [3.63, 3.8) is 0 Å². The number of carbonyl (C=O) groups excluding carboxylic acids is 2. The van der Waals surface area contributed by atoms with Gasteiger partial charge in [-0.15, -0.1) is 0 Å². The minimum absolute atomic E-state index is 0.253. The summed E-state index contributed by atoms with van der Waals surface area (Å²) in [5.41, 5.74) is 0.588. The lowest BCUT2D eigenvalue weighted by Crippen LogP contribution is -2.42. The summed E-state index contributed by atoms with van der Waals surface area (Å²) >= 11 is 0. The first-order chi connectivity index (χ1) is 8.68. The SMILES string of the molecule is O=C([O-])[C@@H]1CCCC[C@H]1C(=O)Nc1cccnc1. The van der Waals surface area contributed by atoms with E-state index in [1.165, 1.54) is 6.20 Å². The molecule has 0 aliphatic heterocycles. The van der Waals surface area contributed by atoms with E-state index in [1.807, 2.05) is 0 Å². The first kappa shape index (κ1) is 12.5. The lowest BCUT2D eigenvalue weighted by molar-refractivity contribution is -0.313. The molecule has 1 amide bonds. The van der Waals surface area contributed by atoms with Gasteiger partial charge in [0.25, 0.3) is 0 Å². The minimum Gasteiger partial charge on any atom is -0.550 e. The number of carboxylic acid groups (broad SMARTS) is 1. The quantitative estimate of drug-likeness (QED) is 0.846. The molecule has 5 heteroatoms. The molecule has 2 rings (SSSR count). The summed E-state index contributed by atoms with van der Waals surface area (Å²) in [6.45, 7) is 0. The van der Waals surface area contributed by atoms with Crippen LogP contribution in [-0.2, 0) is 9.59 Å². The van der Waals surface area contributed by atoms with Crippen LogP contribution in [-0.4, -0.2) is 16.9 Å². The van der Waals surface area contributed by atoms with Crippen LogP contribution < -0.4 is 10.4 Å². The van der Waals surface area contributed by atoms with Crippen molar-refractivity contribution in [1.29, 1.82) is 0 Å². The van der Waals surface area contributed by atoms with Gasteiger partial charge in [0.2, 0.25) is 5.91 Å². The van der Waals surface area contributed by atoms with Gasteiger partial charge in [0.1, 0.15) is 0 Å². The smallest absolute Gasteiger partial charge is 0.228 e. The molecule has 1 fully saturated rings. The van der Waals surface area contributed by atoms with E-state index in [0.717, 1.165) is 12.8 Å². The van der Waals surface area contributed by atoms with Crippen molar-refractivity contribution in [2.75, 3.05) is 5.32 Å². The van der Waals surface area contributed by atoms with Crippen molar-refractivity contribution in [1.82, 2.24) is 4.98 Å². The first-order valence-electron chi connectivity index (χ1n) is 6.10. The number of nitrogens with one attached hydrogen (secondary N) is 1. The fourth-order valence-corrected chi connectivity index (χ4v) is 2.40. The predicted octanol–water partition coefficient (Wildman–Crippen LogP) is 0.576. The molecule has 1 heterocycles. The maximum atomic E-state index is 12.1. The molecule has 1 N–H and O–H groups in total. The fraction of sp³-hybridized carbons (Fsp3) is 0.462. The van der Waals surface area contributed by atoms with Gasteiger partial charge in [0, 0.05) is 24.0 Å². The van der Waals surface area contributed by atoms with E-state index in [1.54, 1.807) is 18.3 Å². The third-order valence-electron chi connectivity index (χ3n) is 3.33. The van der Waals surface area contributed by atoms with E-state index in [0.29, 0.717) is 18.5 Å². The molecule has 0 saturated heterocycles. The summed E-state index contributed by atoms with van der Waals surface area (Å²) in [6.07, 6.45) is 6.00. The number of hydrogen-bond donors (Lipinski definition) is 1. The summed E-state index contributed by atoms with van der Waals surface area (Å²) in [5.74, 6) is -2.54. The van der Waals surface area contributed by atoms with Crippen LogP contribution in [0.25, 0.3) is 0 Å². The van der Waals surface area contributed by atoms with E-state index >= 15 is 0 Å². The summed E-state index contributed by atoms with van der Waals surface area (Å²) < 4.78 is 0. The maximum Gasteiger partial charge on any atom is 0.228 e. The summed E-state index contributed by atoms with van der Waals surface area (Å²) in [6, 6.07) is 3.44. The molecule has 96 valence electrons. The monoisotopic (exact) mass is 247 g/mol. The number of aliphatic carboxylic acids is 1. The number of anilines is 1. The van der Waals surface area contributed by atoms with Crippen molar-refractivity contribution in [2.24, 2.45) is 11.8 Å². The lowest BCUT2D eigenvalue weighted by atomic mass is 9.78. The van der Waals surface area contributed by atoms with Gasteiger partial charge in [-0.1, -0.05) is 12.8 Å². The van der Waals surface area contributed by atoms with E-state index in [9.17, 15) is 14.7 Å².